The molecule has 1 fully saturated rings. The first-order chi connectivity index (χ1) is 9.93. The zero-order chi connectivity index (χ0) is 15.2. The number of carbonyl (C=O) groups is 2. The van der Waals surface area contributed by atoms with Crippen LogP contribution in [0.5, 0.6) is 0 Å². The molecular formula is C13H16ClN3O4S. The number of hydrogen-bond acceptors (Lipinski definition) is 5. The van der Waals surface area contributed by atoms with Gasteiger partial charge in [-0.3, -0.25) is 14.5 Å². The molecule has 1 aromatic carbocycles. The van der Waals surface area contributed by atoms with Crippen LogP contribution in [0.3, 0.4) is 0 Å². The summed E-state index contributed by atoms with van der Waals surface area (Å²) in [6.07, 6.45) is 0. The minimum absolute atomic E-state index is 0. The molecule has 0 bridgehead atoms. The highest BCUT2D eigenvalue weighted by Gasteiger charge is 2.35. The van der Waals surface area contributed by atoms with Crippen LogP contribution >= 0.6 is 12.4 Å². The number of carbonyl (C=O) groups excluding carboxylic acids is 2. The summed E-state index contributed by atoms with van der Waals surface area (Å²) in [4.78, 5) is 24.8. The summed E-state index contributed by atoms with van der Waals surface area (Å²) in [7, 11) is -2.25. The van der Waals surface area contributed by atoms with Crippen molar-refractivity contribution in [1.82, 2.24) is 14.5 Å². The van der Waals surface area contributed by atoms with Crippen molar-refractivity contribution in [3.8, 4) is 0 Å². The van der Waals surface area contributed by atoms with E-state index in [1.54, 1.807) is 0 Å². The third-order valence-electron chi connectivity index (χ3n) is 3.77. The second-order valence-electron chi connectivity index (χ2n) is 5.03. The minimum atomic E-state index is -3.63. The summed E-state index contributed by atoms with van der Waals surface area (Å²) < 4.78 is 26.5. The Hall–Kier alpha value is -1.48. The molecule has 2 aliphatic heterocycles. The average Bonchev–Trinajstić information content (AvgIpc) is 2.72. The normalized spacial score (nSPS) is 19.0. The Morgan fingerprint density at radius 1 is 1.05 bits per heavy atom. The number of nitrogens with zero attached hydrogens (tertiary/aromatic N) is 2. The molecule has 120 valence electrons. The lowest BCUT2D eigenvalue weighted by Crippen LogP contribution is -2.46. The van der Waals surface area contributed by atoms with Gasteiger partial charge in [0.1, 0.15) is 0 Å². The second kappa shape index (κ2) is 5.96. The number of rotatable bonds is 2. The first-order valence-corrected chi connectivity index (χ1v) is 8.04. The molecule has 9 heteroatoms. The van der Waals surface area contributed by atoms with Crippen LogP contribution in [0.25, 0.3) is 0 Å². The molecule has 1 saturated heterocycles. The van der Waals surface area contributed by atoms with Gasteiger partial charge in [-0.1, -0.05) is 0 Å². The predicted octanol–water partition coefficient (Wildman–Crippen LogP) is -0.0719. The molecule has 0 atom stereocenters. The summed E-state index contributed by atoms with van der Waals surface area (Å²) in [6, 6.07) is 4.10. The van der Waals surface area contributed by atoms with Gasteiger partial charge in [0, 0.05) is 33.2 Å². The van der Waals surface area contributed by atoms with Gasteiger partial charge < -0.3 is 5.32 Å². The van der Waals surface area contributed by atoms with Gasteiger partial charge in [0.25, 0.3) is 11.8 Å². The van der Waals surface area contributed by atoms with Crippen molar-refractivity contribution < 1.29 is 18.0 Å². The fourth-order valence-corrected chi connectivity index (χ4v) is 4.00. The standard InChI is InChI=1S/C13H15N3O4S.ClH/c1-15-12(17)10-3-2-9(8-11(10)13(15)18)21(19,20)16-6-4-14-5-7-16;/h2-3,8,14H,4-7H2,1H3;1H. The fourth-order valence-electron chi connectivity index (χ4n) is 2.53. The lowest BCUT2D eigenvalue weighted by atomic mass is 10.1. The molecule has 22 heavy (non-hydrogen) atoms. The molecule has 0 aromatic heterocycles. The Balaban J connectivity index is 0.00000176. The van der Waals surface area contributed by atoms with Crippen molar-refractivity contribution in [1.29, 1.82) is 0 Å². The van der Waals surface area contributed by atoms with Crippen LogP contribution in [-0.2, 0) is 10.0 Å². The van der Waals surface area contributed by atoms with Crippen molar-refractivity contribution in [2.45, 2.75) is 4.90 Å². The highest BCUT2D eigenvalue weighted by molar-refractivity contribution is 7.89. The fraction of sp³-hybridized carbons (Fsp3) is 0.385. The lowest BCUT2D eigenvalue weighted by molar-refractivity contribution is 0.0693. The van der Waals surface area contributed by atoms with Crippen molar-refractivity contribution in [3.05, 3.63) is 29.3 Å². The molecule has 0 radical (unpaired) electrons. The first-order valence-electron chi connectivity index (χ1n) is 6.60. The van der Waals surface area contributed by atoms with Crippen molar-refractivity contribution in [2.24, 2.45) is 0 Å². The number of hydrogen-bond donors (Lipinski definition) is 1. The molecule has 2 aliphatic rings. The topological polar surface area (TPSA) is 86.8 Å². The molecule has 0 aliphatic carbocycles. The molecule has 2 amide bonds. The number of sulfonamides is 1. The number of benzene rings is 1. The molecular weight excluding hydrogens is 330 g/mol. The van der Waals surface area contributed by atoms with Crippen molar-refractivity contribution in [2.75, 3.05) is 33.2 Å². The number of piperazine rings is 1. The van der Waals surface area contributed by atoms with Crippen LogP contribution < -0.4 is 5.32 Å². The summed E-state index contributed by atoms with van der Waals surface area (Å²) in [5, 5.41) is 3.09. The molecule has 0 spiro atoms. The van der Waals surface area contributed by atoms with Gasteiger partial charge in [-0.05, 0) is 18.2 Å². The van der Waals surface area contributed by atoms with Crippen LogP contribution in [0.4, 0.5) is 0 Å². The minimum Gasteiger partial charge on any atom is -0.314 e. The van der Waals surface area contributed by atoms with Crippen LogP contribution in [0.1, 0.15) is 20.7 Å². The zero-order valence-electron chi connectivity index (χ0n) is 11.9. The monoisotopic (exact) mass is 345 g/mol. The van der Waals surface area contributed by atoms with E-state index in [2.05, 4.69) is 5.32 Å². The number of nitrogens with one attached hydrogen (secondary N) is 1. The molecule has 3 rings (SSSR count). The Kier molecular flexibility index (Phi) is 4.57. The average molecular weight is 346 g/mol. The Morgan fingerprint density at radius 3 is 2.27 bits per heavy atom. The summed E-state index contributed by atoms with van der Waals surface area (Å²) in [6.45, 7) is 1.99. The molecule has 1 N–H and O–H groups in total. The van der Waals surface area contributed by atoms with E-state index in [0.29, 0.717) is 26.2 Å². The van der Waals surface area contributed by atoms with Crippen molar-refractivity contribution >= 4 is 34.2 Å². The third kappa shape index (κ3) is 2.52. The highest BCUT2D eigenvalue weighted by atomic mass is 35.5. The predicted molar refractivity (Wildman–Crippen MR) is 81.7 cm³/mol. The van der Waals surface area contributed by atoms with E-state index in [-0.39, 0.29) is 28.4 Å². The van der Waals surface area contributed by atoms with Crippen molar-refractivity contribution in [3.63, 3.8) is 0 Å². The first kappa shape index (κ1) is 16.9. The van der Waals surface area contributed by atoms with E-state index in [9.17, 15) is 18.0 Å². The number of amides is 2. The third-order valence-corrected chi connectivity index (χ3v) is 5.67. The molecule has 2 heterocycles. The van der Waals surface area contributed by atoms with E-state index in [0.717, 1.165) is 4.90 Å². The molecule has 7 nitrogen and oxygen atoms in total. The van der Waals surface area contributed by atoms with Crippen LogP contribution in [-0.4, -0.2) is 62.7 Å². The Bertz CT molecular complexity index is 729. The lowest BCUT2D eigenvalue weighted by Gasteiger charge is -2.26. The second-order valence-corrected chi connectivity index (χ2v) is 6.97. The van der Waals surface area contributed by atoms with Gasteiger partial charge in [0.15, 0.2) is 0 Å². The maximum atomic E-state index is 12.5. The van der Waals surface area contributed by atoms with Crippen LogP contribution in [0.2, 0.25) is 0 Å². The van der Waals surface area contributed by atoms with Gasteiger partial charge in [-0.25, -0.2) is 8.42 Å². The van der Waals surface area contributed by atoms with Gasteiger partial charge in [-0.15, -0.1) is 12.4 Å². The summed E-state index contributed by atoms with van der Waals surface area (Å²) >= 11 is 0. The van der Waals surface area contributed by atoms with Gasteiger partial charge in [0.2, 0.25) is 10.0 Å². The van der Waals surface area contributed by atoms with E-state index in [1.807, 2.05) is 0 Å². The van der Waals surface area contributed by atoms with Crippen LogP contribution in [0, 0.1) is 0 Å². The molecule has 1 aromatic rings. The number of fused-ring (bicyclic) bond motifs is 1. The highest BCUT2D eigenvalue weighted by Crippen LogP contribution is 2.26. The maximum Gasteiger partial charge on any atom is 0.261 e. The number of imide groups is 1. The smallest absolute Gasteiger partial charge is 0.261 e. The summed E-state index contributed by atoms with van der Waals surface area (Å²) in [5.41, 5.74) is 0.403. The van der Waals surface area contributed by atoms with E-state index in [1.165, 1.54) is 29.6 Å². The van der Waals surface area contributed by atoms with Gasteiger partial charge >= 0.3 is 0 Å². The van der Waals surface area contributed by atoms with E-state index in [4.69, 9.17) is 0 Å². The SMILES string of the molecule is CN1C(=O)c2ccc(S(=O)(=O)N3CCNCC3)cc2C1=O.Cl. The van der Waals surface area contributed by atoms with E-state index >= 15 is 0 Å². The zero-order valence-corrected chi connectivity index (χ0v) is 13.5. The largest absolute Gasteiger partial charge is 0.314 e. The number of halogens is 1. The Labute approximate surface area is 134 Å². The van der Waals surface area contributed by atoms with E-state index < -0.39 is 21.8 Å². The molecule has 0 unspecified atom stereocenters. The Morgan fingerprint density at radius 2 is 1.64 bits per heavy atom. The molecule has 0 saturated carbocycles. The van der Waals surface area contributed by atoms with Gasteiger partial charge in [-0.2, -0.15) is 4.31 Å². The summed E-state index contributed by atoms with van der Waals surface area (Å²) in [5.74, 6) is -0.867. The van der Waals surface area contributed by atoms with Gasteiger partial charge in [0.05, 0.1) is 16.0 Å². The quantitative estimate of drug-likeness (QED) is 0.758. The van der Waals surface area contributed by atoms with Crippen LogP contribution in [0.15, 0.2) is 23.1 Å². The maximum absolute atomic E-state index is 12.5.